The fourth-order valence-corrected chi connectivity index (χ4v) is 3.48. The van der Waals surface area contributed by atoms with Crippen LogP contribution in [0.1, 0.15) is 58.3 Å². The lowest BCUT2D eigenvalue weighted by Gasteiger charge is -2.37. The van der Waals surface area contributed by atoms with Crippen LogP contribution in [0.4, 0.5) is 0 Å². The van der Waals surface area contributed by atoms with Gasteiger partial charge in [-0.3, -0.25) is 9.80 Å². The minimum atomic E-state index is -0.767. The van der Waals surface area contributed by atoms with E-state index in [9.17, 15) is 9.90 Å². The molecule has 1 heterocycles. The van der Waals surface area contributed by atoms with Crippen molar-refractivity contribution in [2.45, 2.75) is 64.5 Å². The van der Waals surface area contributed by atoms with Crippen LogP contribution in [0.2, 0.25) is 0 Å². The highest BCUT2D eigenvalue weighted by molar-refractivity contribution is 5.68. The van der Waals surface area contributed by atoms with Gasteiger partial charge in [-0.25, -0.2) is 4.79 Å². The van der Waals surface area contributed by atoms with E-state index in [2.05, 4.69) is 12.2 Å². The highest BCUT2D eigenvalue weighted by Gasteiger charge is 2.42. The van der Waals surface area contributed by atoms with Crippen molar-refractivity contribution in [3.63, 3.8) is 0 Å². The lowest BCUT2D eigenvalue weighted by atomic mass is 10.1. The number of nitrogens with zero attached hydrogens (tertiary/aromatic N) is 1. The molecular formula is C16H33N2O3+. The van der Waals surface area contributed by atoms with E-state index in [-0.39, 0.29) is 19.3 Å². The Balaban J connectivity index is 2.32. The van der Waals surface area contributed by atoms with Gasteiger partial charge in [0.05, 0.1) is 19.7 Å². The molecule has 0 amide bonds. The van der Waals surface area contributed by atoms with Gasteiger partial charge in [-0.1, -0.05) is 45.4 Å². The molecule has 3 N–H and O–H groups in total. The van der Waals surface area contributed by atoms with Crippen LogP contribution >= 0.6 is 0 Å². The van der Waals surface area contributed by atoms with Crippen LogP contribution in [0.5, 0.6) is 0 Å². The quantitative estimate of drug-likeness (QED) is 0.381. The standard InChI is InChI=1S/C16H32N2O3/c1-2-3-4-5-6-7-8-9-15-17-10-11-18(15,12-13-19)14-16(20)21/h15,17,19H,2-14H2,1H3/p+1. The predicted octanol–water partition coefficient (Wildman–Crippen LogP) is 1.95. The van der Waals surface area contributed by atoms with Crippen molar-refractivity contribution in [3.05, 3.63) is 0 Å². The Morgan fingerprint density at radius 3 is 2.48 bits per heavy atom. The molecule has 0 saturated carbocycles. The zero-order valence-corrected chi connectivity index (χ0v) is 13.5. The van der Waals surface area contributed by atoms with E-state index in [4.69, 9.17) is 5.11 Å². The van der Waals surface area contributed by atoms with Gasteiger partial charge in [-0.2, -0.15) is 0 Å². The highest BCUT2D eigenvalue weighted by Crippen LogP contribution is 2.22. The summed E-state index contributed by atoms with van der Waals surface area (Å²) in [6.07, 6.45) is 10.1. The van der Waals surface area contributed by atoms with E-state index in [0.29, 0.717) is 11.0 Å². The molecule has 5 nitrogen and oxygen atoms in total. The molecule has 0 aromatic rings. The molecule has 5 heteroatoms. The predicted molar refractivity (Wildman–Crippen MR) is 84.0 cm³/mol. The second-order valence-electron chi connectivity index (χ2n) is 6.32. The molecule has 2 atom stereocenters. The molecule has 0 aromatic carbocycles. The number of quaternary nitrogens is 1. The number of hydrogen-bond donors (Lipinski definition) is 3. The van der Waals surface area contributed by atoms with Crippen LogP contribution in [0.15, 0.2) is 0 Å². The van der Waals surface area contributed by atoms with Crippen molar-refractivity contribution >= 4 is 5.97 Å². The average molecular weight is 301 g/mol. The molecule has 1 saturated heterocycles. The van der Waals surface area contributed by atoms with Gasteiger partial charge in [0.2, 0.25) is 0 Å². The van der Waals surface area contributed by atoms with Gasteiger partial charge >= 0.3 is 5.97 Å². The summed E-state index contributed by atoms with van der Waals surface area (Å²) in [5, 5.41) is 21.9. The van der Waals surface area contributed by atoms with E-state index in [1.165, 1.54) is 38.5 Å². The third-order valence-electron chi connectivity index (χ3n) is 4.67. The van der Waals surface area contributed by atoms with Crippen LogP contribution < -0.4 is 5.32 Å². The van der Waals surface area contributed by atoms with Crippen molar-refractivity contribution in [3.8, 4) is 0 Å². The first kappa shape index (κ1) is 18.4. The number of carbonyl (C=O) groups is 1. The summed E-state index contributed by atoms with van der Waals surface area (Å²) in [4.78, 5) is 11.1. The Hall–Kier alpha value is -0.650. The maximum absolute atomic E-state index is 11.1. The molecule has 0 bridgehead atoms. The van der Waals surface area contributed by atoms with Gasteiger partial charge in [0, 0.05) is 6.42 Å². The van der Waals surface area contributed by atoms with E-state index < -0.39 is 5.97 Å². The molecule has 0 aliphatic carbocycles. The summed E-state index contributed by atoms with van der Waals surface area (Å²) in [6, 6.07) is 0. The monoisotopic (exact) mass is 301 g/mol. The summed E-state index contributed by atoms with van der Waals surface area (Å²) in [7, 11) is 0. The number of carboxylic acids is 1. The van der Waals surface area contributed by atoms with Crippen LogP contribution in [0.25, 0.3) is 0 Å². The maximum atomic E-state index is 11.1. The van der Waals surface area contributed by atoms with Crippen LogP contribution in [0.3, 0.4) is 0 Å². The summed E-state index contributed by atoms with van der Waals surface area (Å²) in [6.45, 7) is 4.62. The molecule has 0 radical (unpaired) electrons. The third kappa shape index (κ3) is 6.32. The Kier molecular flexibility index (Phi) is 8.88. The first-order chi connectivity index (χ1) is 10.1. The fraction of sp³-hybridized carbons (Fsp3) is 0.938. The van der Waals surface area contributed by atoms with Crippen molar-refractivity contribution in [1.29, 1.82) is 0 Å². The van der Waals surface area contributed by atoms with E-state index in [1.54, 1.807) is 0 Å². The first-order valence-corrected chi connectivity index (χ1v) is 8.56. The lowest BCUT2D eigenvalue weighted by Crippen LogP contribution is -2.58. The Morgan fingerprint density at radius 2 is 1.86 bits per heavy atom. The second-order valence-corrected chi connectivity index (χ2v) is 6.32. The van der Waals surface area contributed by atoms with E-state index in [0.717, 1.165) is 25.9 Å². The summed E-state index contributed by atoms with van der Waals surface area (Å²) >= 11 is 0. The molecule has 0 spiro atoms. The first-order valence-electron chi connectivity index (χ1n) is 8.56. The number of aliphatic hydroxyl groups is 1. The number of rotatable bonds is 12. The highest BCUT2D eigenvalue weighted by atomic mass is 16.4. The number of carboxylic acid groups (broad SMARTS) is 1. The normalized spacial score (nSPS) is 25.3. The van der Waals surface area contributed by atoms with Gasteiger partial charge < -0.3 is 10.2 Å². The Labute approximate surface area is 128 Å². The fourth-order valence-electron chi connectivity index (χ4n) is 3.48. The molecule has 21 heavy (non-hydrogen) atoms. The van der Waals surface area contributed by atoms with Gasteiger partial charge in [0.15, 0.2) is 6.54 Å². The van der Waals surface area contributed by atoms with Gasteiger partial charge in [-0.15, -0.1) is 0 Å². The third-order valence-corrected chi connectivity index (χ3v) is 4.67. The Bertz CT molecular complexity index is 299. The molecule has 0 aromatic heterocycles. The zero-order valence-electron chi connectivity index (χ0n) is 13.5. The van der Waals surface area contributed by atoms with Crippen molar-refractivity contribution in [2.75, 3.05) is 32.8 Å². The summed E-state index contributed by atoms with van der Waals surface area (Å²) in [5.74, 6) is -0.767. The average Bonchev–Trinajstić information content (AvgIpc) is 2.80. The molecular weight excluding hydrogens is 268 g/mol. The lowest BCUT2D eigenvalue weighted by molar-refractivity contribution is -0.934. The minimum Gasteiger partial charge on any atom is -0.477 e. The van der Waals surface area contributed by atoms with Gasteiger partial charge in [0.25, 0.3) is 0 Å². The molecule has 2 unspecified atom stereocenters. The number of unbranched alkanes of at least 4 members (excludes halogenated alkanes) is 6. The Morgan fingerprint density at radius 1 is 1.19 bits per heavy atom. The number of hydrogen-bond acceptors (Lipinski definition) is 3. The van der Waals surface area contributed by atoms with E-state index >= 15 is 0 Å². The largest absolute Gasteiger partial charge is 0.477 e. The van der Waals surface area contributed by atoms with Crippen molar-refractivity contribution in [2.24, 2.45) is 0 Å². The van der Waals surface area contributed by atoms with Gasteiger partial charge in [-0.05, 0) is 6.42 Å². The topological polar surface area (TPSA) is 69.6 Å². The summed E-state index contributed by atoms with van der Waals surface area (Å²) in [5.41, 5.74) is 0. The van der Waals surface area contributed by atoms with Crippen LogP contribution in [-0.2, 0) is 4.79 Å². The number of nitrogens with one attached hydrogen (secondary N) is 1. The molecule has 1 fully saturated rings. The molecule has 124 valence electrons. The van der Waals surface area contributed by atoms with Crippen molar-refractivity contribution < 1.29 is 19.5 Å². The maximum Gasteiger partial charge on any atom is 0.359 e. The van der Waals surface area contributed by atoms with Crippen LogP contribution in [-0.4, -0.2) is 59.6 Å². The van der Waals surface area contributed by atoms with Crippen LogP contribution in [0, 0.1) is 0 Å². The minimum absolute atomic E-state index is 0.0580. The molecule has 1 rings (SSSR count). The molecule has 1 aliphatic rings. The zero-order chi connectivity index (χ0) is 15.6. The number of aliphatic carboxylic acids is 1. The van der Waals surface area contributed by atoms with Crippen molar-refractivity contribution in [1.82, 2.24) is 5.32 Å². The SMILES string of the molecule is CCCCCCCCCC1NCC[N+]1(CCO)CC(=O)O. The van der Waals surface area contributed by atoms with Gasteiger partial charge in [0.1, 0.15) is 12.7 Å². The smallest absolute Gasteiger partial charge is 0.359 e. The van der Waals surface area contributed by atoms with E-state index in [1.807, 2.05) is 0 Å². The summed E-state index contributed by atoms with van der Waals surface area (Å²) < 4.78 is 0.502. The molecule has 1 aliphatic heterocycles. The second kappa shape index (κ2) is 10.1. The number of aliphatic hydroxyl groups excluding tert-OH is 1.